The van der Waals surface area contributed by atoms with Crippen molar-refractivity contribution in [2.75, 3.05) is 6.54 Å². The first-order chi connectivity index (χ1) is 16.3. The van der Waals surface area contributed by atoms with Gasteiger partial charge in [0, 0.05) is 12.1 Å². The first-order valence-electron chi connectivity index (χ1n) is 9.75. The maximum atomic E-state index is 12.1. The molecule has 0 spiro atoms. The van der Waals surface area contributed by atoms with Crippen molar-refractivity contribution in [2.24, 2.45) is 5.10 Å². The van der Waals surface area contributed by atoms with E-state index in [0.29, 0.717) is 5.56 Å². The zero-order valence-electron chi connectivity index (χ0n) is 17.4. The van der Waals surface area contributed by atoms with Crippen LogP contribution in [-0.2, 0) is 4.79 Å². The van der Waals surface area contributed by atoms with Gasteiger partial charge in [-0.25, -0.2) is 10.2 Å². The summed E-state index contributed by atoms with van der Waals surface area (Å²) in [6, 6.07) is 17.8. The number of non-ortho nitro benzene ring substituents is 1. The second-order valence-electron chi connectivity index (χ2n) is 6.72. The fourth-order valence-corrected chi connectivity index (χ4v) is 2.85. The molecular formula is C23H17ClN4O6. The average Bonchev–Trinajstić information content (AvgIpc) is 2.84. The molecule has 0 radical (unpaired) electrons. The normalized spacial score (nSPS) is 10.5. The lowest BCUT2D eigenvalue weighted by molar-refractivity contribution is -0.384. The summed E-state index contributed by atoms with van der Waals surface area (Å²) in [4.78, 5) is 46.1. The number of hydrogen-bond acceptors (Lipinski definition) is 7. The topological polar surface area (TPSA) is 140 Å². The van der Waals surface area contributed by atoms with Crippen LogP contribution in [0.1, 0.15) is 26.3 Å². The number of esters is 1. The number of halogens is 1. The summed E-state index contributed by atoms with van der Waals surface area (Å²) in [5, 5.41) is 17.2. The van der Waals surface area contributed by atoms with Crippen LogP contribution in [0.4, 0.5) is 5.69 Å². The third-order valence-electron chi connectivity index (χ3n) is 4.34. The molecule has 11 heteroatoms. The van der Waals surface area contributed by atoms with Crippen molar-refractivity contribution in [3.05, 3.63) is 105 Å². The van der Waals surface area contributed by atoms with E-state index in [1.165, 1.54) is 42.6 Å². The summed E-state index contributed by atoms with van der Waals surface area (Å²) in [6.45, 7) is -0.293. The van der Waals surface area contributed by atoms with E-state index in [1.807, 2.05) is 0 Å². The molecule has 2 amide bonds. The van der Waals surface area contributed by atoms with Crippen LogP contribution in [0, 0.1) is 10.1 Å². The van der Waals surface area contributed by atoms with Gasteiger partial charge in [0.1, 0.15) is 5.75 Å². The van der Waals surface area contributed by atoms with Crippen molar-refractivity contribution >= 4 is 41.3 Å². The number of nitrogens with zero attached hydrogens (tertiary/aromatic N) is 2. The van der Waals surface area contributed by atoms with Crippen molar-refractivity contribution in [2.45, 2.75) is 0 Å². The molecule has 0 unspecified atom stereocenters. The second-order valence-corrected chi connectivity index (χ2v) is 7.13. The van der Waals surface area contributed by atoms with Crippen molar-refractivity contribution in [3.8, 4) is 5.75 Å². The number of nitro benzene ring substituents is 1. The Hall–Kier alpha value is -4.57. The molecule has 34 heavy (non-hydrogen) atoms. The lowest BCUT2D eigenvalue weighted by Crippen LogP contribution is -2.35. The van der Waals surface area contributed by atoms with Gasteiger partial charge in [-0.1, -0.05) is 23.7 Å². The van der Waals surface area contributed by atoms with Crippen LogP contribution in [0.5, 0.6) is 5.75 Å². The predicted octanol–water partition coefficient (Wildman–Crippen LogP) is 3.35. The van der Waals surface area contributed by atoms with Crippen molar-refractivity contribution in [3.63, 3.8) is 0 Å². The molecule has 0 saturated heterocycles. The molecule has 10 nitrogen and oxygen atoms in total. The number of carbonyl (C=O) groups is 3. The zero-order valence-corrected chi connectivity index (χ0v) is 18.2. The fourth-order valence-electron chi connectivity index (χ4n) is 2.63. The van der Waals surface area contributed by atoms with E-state index < -0.39 is 22.7 Å². The maximum absolute atomic E-state index is 12.1. The molecule has 3 rings (SSSR count). The minimum absolute atomic E-state index is 0.129. The first-order valence-corrected chi connectivity index (χ1v) is 10.1. The number of nitro groups is 1. The predicted molar refractivity (Wildman–Crippen MR) is 124 cm³/mol. The summed E-state index contributed by atoms with van der Waals surface area (Å²) >= 11 is 5.94. The van der Waals surface area contributed by atoms with E-state index in [0.717, 1.165) is 0 Å². The number of nitrogens with one attached hydrogen (secondary N) is 2. The highest BCUT2D eigenvalue weighted by Gasteiger charge is 2.12. The number of hydrazone groups is 1. The highest BCUT2D eigenvalue weighted by molar-refractivity contribution is 6.33. The molecule has 0 bridgehead atoms. The monoisotopic (exact) mass is 480 g/mol. The Morgan fingerprint density at radius 3 is 2.32 bits per heavy atom. The van der Waals surface area contributed by atoms with Gasteiger partial charge in [0.15, 0.2) is 0 Å². The number of benzene rings is 3. The van der Waals surface area contributed by atoms with Gasteiger partial charge in [-0.15, -0.1) is 0 Å². The summed E-state index contributed by atoms with van der Waals surface area (Å²) in [7, 11) is 0. The Labute approximate surface area is 198 Å². The Bertz CT molecular complexity index is 1240. The summed E-state index contributed by atoms with van der Waals surface area (Å²) in [5.41, 5.74) is 3.19. The standard InChI is InChI=1S/C23H17ClN4O6/c24-20-4-2-1-3-19(20)22(30)25-14-21(29)27-26-13-15-5-11-18(12-6-15)34-23(31)16-7-9-17(10-8-16)28(32)33/h1-13H,14H2,(H,25,30)(H,27,29). The summed E-state index contributed by atoms with van der Waals surface area (Å²) < 4.78 is 5.23. The van der Waals surface area contributed by atoms with E-state index in [9.17, 15) is 24.5 Å². The maximum Gasteiger partial charge on any atom is 0.343 e. The molecule has 0 aliphatic rings. The van der Waals surface area contributed by atoms with Crippen LogP contribution in [0.15, 0.2) is 77.9 Å². The molecule has 0 aliphatic heterocycles. The molecule has 0 fully saturated rings. The van der Waals surface area contributed by atoms with Gasteiger partial charge in [-0.2, -0.15) is 5.10 Å². The highest BCUT2D eigenvalue weighted by Crippen LogP contribution is 2.16. The third kappa shape index (κ3) is 6.71. The summed E-state index contributed by atoms with van der Waals surface area (Å²) in [6.07, 6.45) is 1.37. The van der Waals surface area contributed by atoms with Crippen LogP contribution >= 0.6 is 11.6 Å². The minimum Gasteiger partial charge on any atom is -0.423 e. The molecule has 172 valence electrons. The average molecular weight is 481 g/mol. The lowest BCUT2D eigenvalue weighted by atomic mass is 10.2. The fraction of sp³-hybridized carbons (Fsp3) is 0.0435. The van der Waals surface area contributed by atoms with Crippen LogP contribution < -0.4 is 15.5 Å². The van der Waals surface area contributed by atoms with Gasteiger partial charge in [0.05, 0.1) is 33.8 Å². The number of rotatable bonds is 8. The van der Waals surface area contributed by atoms with E-state index in [-0.39, 0.29) is 34.1 Å². The van der Waals surface area contributed by atoms with Crippen molar-refractivity contribution in [1.82, 2.24) is 10.7 Å². The number of hydrogen-bond donors (Lipinski definition) is 2. The van der Waals surface area contributed by atoms with Crippen LogP contribution in [0.25, 0.3) is 0 Å². The quantitative estimate of drug-likeness (QED) is 0.166. The van der Waals surface area contributed by atoms with Gasteiger partial charge in [0.2, 0.25) is 0 Å². The molecule has 0 heterocycles. The Balaban J connectivity index is 1.46. The van der Waals surface area contributed by atoms with Crippen LogP contribution in [0.2, 0.25) is 5.02 Å². The number of ether oxygens (including phenoxy) is 1. The van der Waals surface area contributed by atoms with E-state index in [1.54, 1.807) is 36.4 Å². The molecular weight excluding hydrogens is 464 g/mol. The van der Waals surface area contributed by atoms with Gasteiger partial charge >= 0.3 is 5.97 Å². The van der Waals surface area contributed by atoms with Crippen molar-refractivity contribution in [1.29, 1.82) is 0 Å². The molecule has 3 aromatic carbocycles. The van der Waals surface area contributed by atoms with Gasteiger partial charge in [0.25, 0.3) is 17.5 Å². The number of amides is 2. The van der Waals surface area contributed by atoms with Crippen LogP contribution in [-0.4, -0.2) is 35.5 Å². The largest absolute Gasteiger partial charge is 0.423 e. The van der Waals surface area contributed by atoms with Gasteiger partial charge in [-0.3, -0.25) is 19.7 Å². The Morgan fingerprint density at radius 2 is 1.68 bits per heavy atom. The molecule has 0 saturated carbocycles. The number of carbonyl (C=O) groups excluding carboxylic acids is 3. The SMILES string of the molecule is O=C(CNC(=O)c1ccccc1Cl)NN=Cc1ccc(OC(=O)c2ccc([N+](=O)[O-])cc2)cc1. The first kappa shape index (κ1) is 24.1. The zero-order chi connectivity index (χ0) is 24.5. The molecule has 2 N–H and O–H groups in total. The molecule has 0 aliphatic carbocycles. The van der Waals surface area contributed by atoms with Gasteiger partial charge in [-0.05, 0) is 54.1 Å². The minimum atomic E-state index is -0.664. The molecule has 3 aromatic rings. The second kappa shape index (κ2) is 11.3. The smallest absolute Gasteiger partial charge is 0.343 e. The van der Waals surface area contributed by atoms with E-state index in [2.05, 4.69) is 15.8 Å². The van der Waals surface area contributed by atoms with Crippen molar-refractivity contribution < 1.29 is 24.0 Å². The Kier molecular flexibility index (Phi) is 8.03. The lowest BCUT2D eigenvalue weighted by Gasteiger charge is -2.06. The van der Waals surface area contributed by atoms with E-state index >= 15 is 0 Å². The third-order valence-corrected chi connectivity index (χ3v) is 4.66. The van der Waals surface area contributed by atoms with Crippen LogP contribution in [0.3, 0.4) is 0 Å². The molecule has 0 atom stereocenters. The summed E-state index contributed by atoms with van der Waals surface area (Å²) in [5.74, 6) is -1.43. The van der Waals surface area contributed by atoms with Gasteiger partial charge < -0.3 is 10.1 Å². The molecule has 0 aromatic heterocycles. The Morgan fingerprint density at radius 1 is 1.00 bits per heavy atom. The highest BCUT2D eigenvalue weighted by atomic mass is 35.5. The van der Waals surface area contributed by atoms with E-state index in [4.69, 9.17) is 16.3 Å².